The van der Waals surface area contributed by atoms with E-state index in [9.17, 15) is 15.2 Å². The number of fused-ring (bicyclic) bond motifs is 1. The zero-order chi connectivity index (χ0) is 25.0. The highest BCUT2D eigenvalue weighted by molar-refractivity contribution is 7.16. The number of hydrogen-bond acceptors (Lipinski definition) is 6. The average molecular weight is 489 g/mol. The number of nitrogens with one attached hydrogen (secondary N) is 1. The first-order valence-electron chi connectivity index (χ1n) is 11.9. The Balaban J connectivity index is 1.51. The minimum Gasteiger partial charge on any atom is -0.396 e. The van der Waals surface area contributed by atoms with Gasteiger partial charge in [0.15, 0.2) is 0 Å². The van der Waals surface area contributed by atoms with Gasteiger partial charge in [-0.1, -0.05) is 18.2 Å². The van der Waals surface area contributed by atoms with E-state index in [1.807, 2.05) is 32.0 Å². The van der Waals surface area contributed by atoms with E-state index in [0.717, 1.165) is 41.5 Å². The second-order valence-electron chi connectivity index (χ2n) is 9.72. The minimum absolute atomic E-state index is 0.0317. The van der Waals surface area contributed by atoms with E-state index in [4.69, 9.17) is 0 Å². The highest BCUT2D eigenvalue weighted by atomic mass is 32.1. The van der Waals surface area contributed by atoms with Gasteiger partial charge >= 0.3 is 0 Å². The van der Waals surface area contributed by atoms with E-state index in [1.165, 1.54) is 16.5 Å². The van der Waals surface area contributed by atoms with Gasteiger partial charge in [0.25, 0.3) is 5.91 Å². The van der Waals surface area contributed by atoms with Gasteiger partial charge in [-0.25, -0.2) is 0 Å². The Morgan fingerprint density at radius 2 is 1.83 bits per heavy atom. The first-order valence-corrected chi connectivity index (χ1v) is 12.7. The molecule has 7 heteroatoms. The van der Waals surface area contributed by atoms with E-state index >= 15 is 0 Å². The minimum atomic E-state index is -0.586. The van der Waals surface area contributed by atoms with Gasteiger partial charge in [-0.2, -0.15) is 5.26 Å². The van der Waals surface area contributed by atoms with E-state index in [2.05, 4.69) is 58.6 Å². The number of hydrogen-bond donors (Lipinski definition) is 2. The molecule has 1 aromatic heterocycles. The van der Waals surface area contributed by atoms with Crippen LogP contribution in [-0.2, 0) is 4.79 Å². The molecule has 182 valence electrons. The van der Waals surface area contributed by atoms with Crippen molar-refractivity contribution < 1.29 is 9.90 Å². The molecule has 6 nitrogen and oxygen atoms in total. The number of rotatable bonds is 7. The molecule has 0 atom stereocenters. The lowest BCUT2D eigenvalue weighted by atomic mass is 10.0. The molecule has 0 aliphatic carbocycles. The number of amides is 1. The largest absolute Gasteiger partial charge is 0.396 e. The van der Waals surface area contributed by atoms with Gasteiger partial charge in [0, 0.05) is 53.8 Å². The molecule has 1 aliphatic rings. The average Bonchev–Trinajstić information content (AvgIpc) is 3.30. The summed E-state index contributed by atoms with van der Waals surface area (Å²) in [5, 5.41) is 23.9. The topological polar surface area (TPSA) is 79.6 Å². The maximum atomic E-state index is 12.6. The van der Waals surface area contributed by atoms with Crippen molar-refractivity contribution in [3.63, 3.8) is 0 Å². The normalized spacial score (nSPS) is 15.3. The van der Waals surface area contributed by atoms with Crippen molar-refractivity contribution >= 4 is 39.8 Å². The molecular formula is C28H32N4O2S. The van der Waals surface area contributed by atoms with Crippen LogP contribution in [0.2, 0.25) is 0 Å². The molecule has 0 unspecified atom stereocenters. The monoisotopic (exact) mass is 488 g/mol. The van der Waals surface area contributed by atoms with E-state index < -0.39 is 11.4 Å². The second kappa shape index (κ2) is 10.6. The Hall–Kier alpha value is -3.18. The molecule has 1 amide bonds. The number of thiophene rings is 1. The Bertz CT molecular complexity index is 1280. The predicted molar refractivity (Wildman–Crippen MR) is 144 cm³/mol. The Morgan fingerprint density at radius 1 is 1.11 bits per heavy atom. The number of carbonyl (C=O) groups excluding carboxylic acids is 1. The van der Waals surface area contributed by atoms with Crippen LogP contribution in [-0.4, -0.2) is 61.3 Å². The first kappa shape index (κ1) is 24.9. The molecule has 0 spiro atoms. The SMILES string of the molecule is CN1CCN(c2ccc3cc(-c4ccc(/C=C(\C#N)C(=O)NC(C)(C)CCO)s4)ccc3c2)CC1. The molecule has 0 saturated carbocycles. The summed E-state index contributed by atoms with van der Waals surface area (Å²) in [6.07, 6.45) is 2.04. The van der Waals surface area contributed by atoms with Crippen molar-refractivity contribution in [2.45, 2.75) is 25.8 Å². The van der Waals surface area contributed by atoms with Crippen molar-refractivity contribution in [2.24, 2.45) is 0 Å². The Morgan fingerprint density at radius 3 is 2.54 bits per heavy atom. The molecule has 2 N–H and O–H groups in total. The maximum Gasteiger partial charge on any atom is 0.262 e. The summed E-state index contributed by atoms with van der Waals surface area (Å²) < 4.78 is 0. The third-order valence-corrected chi connectivity index (χ3v) is 7.53. The van der Waals surface area contributed by atoms with Crippen LogP contribution in [0, 0.1) is 11.3 Å². The summed E-state index contributed by atoms with van der Waals surface area (Å²) in [5.74, 6) is -0.428. The second-order valence-corrected chi connectivity index (χ2v) is 10.8. The number of nitrogens with zero attached hydrogens (tertiary/aromatic N) is 3. The molecule has 0 radical (unpaired) electrons. The lowest BCUT2D eigenvalue weighted by molar-refractivity contribution is -0.118. The van der Waals surface area contributed by atoms with Gasteiger partial charge in [0.2, 0.25) is 0 Å². The number of carbonyl (C=O) groups is 1. The van der Waals surface area contributed by atoms with Gasteiger partial charge < -0.3 is 20.2 Å². The molecule has 1 fully saturated rings. The molecule has 4 rings (SSSR count). The summed E-state index contributed by atoms with van der Waals surface area (Å²) >= 11 is 1.55. The molecule has 1 aliphatic heterocycles. The van der Waals surface area contributed by atoms with Gasteiger partial charge in [0.05, 0.1) is 0 Å². The van der Waals surface area contributed by atoms with Crippen molar-refractivity contribution in [3.8, 4) is 16.5 Å². The van der Waals surface area contributed by atoms with Crippen molar-refractivity contribution in [1.82, 2.24) is 10.2 Å². The van der Waals surface area contributed by atoms with Crippen LogP contribution in [0.5, 0.6) is 0 Å². The van der Waals surface area contributed by atoms with Crippen LogP contribution in [0.4, 0.5) is 5.69 Å². The standard InChI is InChI=1S/C28H32N4O2S/c1-28(2,10-15-33)30-27(34)23(19-29)18-25-8-9-26(35-25)22-5-4-21-17-24(7-6-20(21)16-22)32-13-11-31(3)12-14-32/h4-9,16-18,33H,10-15H2,1-3H3,(H,30,34)/b23-18+. The molecule has 0 bridgehead atoms. The van der Waals surface area contributed by atoms with Gasteiger partial charge in [-0.05, 0) is 80.1 Å². The van der Waals surface area contributed by atoms with Crippen LogP contribution in [0.15, 0.2) is 54.1 Å². The van der Waals surface area contributed by atoms with Crippen molar-refractivity contribution in [3.05, 3.63) is 59.0 Å². The number of piperazine rings is 1. The lowest BCUT2D eigenvalue weighted by Crippen LogP contribution is -2.44. The Kier molecular flexibility index (Phi) is 7.56. The van der Waals surface area contributed by atoms with E-state index in [0.29, 0.717) is 6.42 Å². The fourth-order valence-electron chi connectivity index (χ4n) is 4.24. The van der Waals surface area contributed by atoms with Gasteiger partial charge in [-0.3, -0.25) is 4.79 Å². The number of likely N-dealkylation sites (N-methyl/N-ethyl adjacent to an activating group) is 1. The maximum absolute atomic E-state index is 12.6. The summed E-state index contributed by atoms with van der Waals surface area (Å²) in [7, 11) is 2.17. The molecular weight excluding hydrogens is 456 g/mol. The van der Waals surface area contributed by atoms with E-state index in [1.54, 1.807) is 17.4 Å². The van der Waals surface area contributed by atoms with Crippen LogP contribution >= 0.6 is 11.3 Å². The van der Waals surface area contributed by atoms with Crippen molar-refractivity contribution in [2.75, 3.05) is 44.7 Å². The molecule has 3 aromatic rings. The fraction of sp³-hybridized carbons (Fsp3) is 0.357. The third-order valence-electron chi connectivity index (χ3n) is 6.44. The lowest BCUT2D eigenvalue weighted by Gasteiger charge is -2.34. The Labute approximate surface area is 211 Å². The van der Waals surface area contributed by atoms with Crippen LogP contribution in [0.3, 0.4) is 0 Å². The number of aliphatic hydroxyl groups excluding tert-OH is 1. The quantitative estimate of drug-likeness (QED) is 0.378. The van der Waals surface area contributed by atoms with Crippen molar-refractivity contribution in [1.29, 1.82) is 5.26 Å². The summed E-state index contributed by atoms with van der Waals surface area (Å²) in [6, 6.07) is 19.1. The number of nitriles is 1. The third kappa shape index (κ3) is 6.09. The predicted octanol–water partition coefficient (Wildman–Crippen LogP) is 4.50. The molecule has 1 saturated heterocycles. The molecule has 35 heavy (non-hydrogen) atoms. The van der Waals surface area contributed by atoms with Gasteiger partial charge in [0.1, 0.15) is 11.6 Å². The van der Waals surface area contributed by atoms with Gasteiger partial charge in [-0.15, -0.1) is 11.3 Å². The number of aliphatic hydroxyl groups is 1. The fourth-order valence-corrected chi connectivity index (χ4v) is 5.19. The summed E-state index contributed by atoms with van der Waals surface area (Å²) in [5.41, 5.74) is 1.85. The summed E-state index contributed by atoms with van der Waals surface area (Å²) in [6.45, 7) is 7.89. The molecule has 2 aromatic carbocycles. The number of anilines is 1. The highest BCUT2D eigenvalue weighted by Crippen LogP contribution is 2.33. The van der Waals surface area contributed by atoms with Crippen LogP contribution in [0.25, 0.3) is 27.3 Å². The molecule has 2 heterocycles. The zero-order valence-electron chi connectivity index (χ0n) is 20.5. The smallest absolute Gasteiger partial charge is 0.262 e. The zero-order valence-corrected chi connectivity index (χ0v) is 21.4. The van der Waals surface area contributed by atoms with Crippen LogP contribution in [0.1, 0.15) is 25.1 Å². The summed E-state index contributed by atoms with van der Waals surface area (Å²) in [4.78, 5) is 19.3. The van der Waals surface area contributed by atoms with E-state index in [-0.39, 0.29) is 12.2 Å². The highest BCUT2D eigenvalue weighted by Gasteiger charge is 2.22. The first-order chi connectivity index (χ1) is 16.8. The van der Waals surface area contributed by atoms with Crippen LogP contribution < -0.4 is 10.2 Å². The number of benzene rings is 2.